The number of nitrogens with zero attached hydrogens (tertiary/aromatic N) is 1. The summed E-state index contributed by atoms with van der Waals surface area (Å²) >= 11 is 0. The highest BCUT2D eigenvalue weighted by atomic mass is 31.1. The molecule has 1 aromatic heterocycles. The largest absolute Gasteiger partial charge is 0.356 e. The average Bonchev–Trinajstić information content (AvgIpc) is 3.26. The predicted octanol–water partition coefficient (Wildman–Crippen LogP) is 5.27. The third-order valence-electron chi connectivity index (χ3n) is 4.31. The first-order valence-electron chi connectivity index (χ1n) is 9.16. The minimum absolute atomic E-state index is 0.446. The number of hydrogen-bond acceptors (Lipinski definition) is 2. The van der Waals surface area contributed by atoms with Crippen LogP contribution in [0.5, 0.6) is 0 Å². The molecule has 0 bridgehead atoms. The van der Waals surface area contributed by atoms with Crippen LogP contribution in [-0.2, 0) is 0 Å². The Morgan fingerprint density at radius 3 is 1.39 bits per heavy atom. The molecule has 0 spiro atoms. The normalized spacial score (nSPS) is 10.5. The second-order valence-electron chi connectivity index (χ2n) is 6.21. The van der Waals surface area contributed by atoms with Gasteiger partial charge in [-0.15, -0.1) is 0 Å². The van der Waals surface area contributed by atoms with E-state index < -0.39 is 7.92 Å². The molecular weight excluding hydrogens is 361 g/mol. The SMILES string of the molecule is c1ccc(P(c2ccccc2)c2ccccc2)cc1.c1ccc2oncc2c1. The van der Waals surface area contributed by atoms with Crippen molar-refractivity contribution in [1.29, 1.82) is 0 Å². The van der Waals surface area contributed by atoms with Crippen LogP contribution in [0.1, 0.15) is 0 Å². The zero-order valence-electron chi connectivity index (χ0n) is 15.3. The molecule has 0 aliphatic rings. The Morgan fingerprint density at radius 2 is 0.929 bits per heavy atom. The molecule has 0 fully saturated rings. The summed E-state index contributed by atoms with van der Waals surface area (Å²) in [6.45, 7) is 0. The molecule has 0 saturated carbocycles. The fourth-order valence-electron chi connectivity index (χ4n) is 2.99. The summed E-state index contributed by atoms with van der Waals surface area (Å²) in [5.74, 6) is 0. The molecule has 2 nitrogen and oxygen atoms in total. The topological polar surface area (TPSA) is 26.0 Å². The Morgan fingerprint density at radius 1 is 0.500 bits per heavy atom. The highest BCUT2D eigenvalue weighted by Gasteiger charge is 2.14. The maximum Gasteiger partial charge on any atom is 0.166 e. The molecule has 0 saturated heterocycles. The van der Waals surface area contributed by atoms with Crippen LogP contribution < -0.4 is 15.9 Å². The van der Waals surface area contributed by atoms with Crippen molar-refractivity contribution >= 4 is 34.8 Å². The fraction of sp³-hybridized carbons (Fsp3) is 0. The Hall–Kier alpha value is -3.22. The summed E-state index contributed by atoms with van der Waals surface area (Å²) in [6.07, 6.45) is 1.70. The smallest absolute Gasteiger partial charge is 0.166 e. The lowest BCUT2D eigenvalue weighted by atomic mass is 10.3. The van der Waals surface area contributed by atoms with Gasteiger partial charge in [0.05, 0.1) is 6.20 Å². The molecule has 136 valence electrons. The number of para-hydroxylation sites is 1. The third kappa shape index (κ3) is 4.36. The molecule has 1 heterocycles. The van der Waals surface area contributed by atoms with Crippen LogP contribution in [0.15, 0.2) is 126 Å². The summed E-state index contributed by atoms with van der Waals surface area (Å²) in [7, 11) is -0.446. The lowest BCUT2D eigenvalue weighted by Gasteiger charge is -2.18. The first-order chi connectivity index (χ1) is 13.9. The number of benzene rings is 4. The molecule has 4 aromatic carbocycles. The number of aromatic nitrogens is 1. The van der Waals surface area contributed by atoms with E-state index in [0.29, 0.717) is 0 Å². The highest BCUT2D eigenvalue weighted by molar-refractivity contribution is 7.79. The van der Waals surface area contributed by atoms with Crippen LogP contribution >= 0.6 is 7.92 Å². The minimum Gasteiger partial charge on any atom is -0.356 e. The van der Waals surface area contributed by atoms with Crippen LogP contribution in [0.2, 0.25) is 0 Å². The van der Waals surface area contributed by atoms with Crippen LogP contribution in [0.3, 0.4) is 0 Å². The van der Waals surface area contributed by atoms with Crippen molar-refractivity contribution in [2.24, 2.45) is 0 Å². The van der Waals surface area contributed by atoms with E-state index >= 15 is 0 Å². The monoisotopic (exact) mass is 381 g/mol. The summed E-state index contributed by atoms with van der Waals surface area (Å²) in [5.41, 5.74) is 0.845. The summed E-state index contributed by atoms with van der Waals surface area (Å²) < 4.78 is 4.87. The van der Waals surface area contributed by atoms with Crippen molar-refractivity contribution < 1.29 is 4.52 Å². The number of rotatable bonds is 3. The molecule has 5 rings (SSSR count). The van der Waals surface area contributed by atoms with Gasteiger partial charge in [-0.25, -0.2) is 0 Å². The summed E-state index contributed by atoms with van der Waals surface area (Å²) in [4.78, 5) is 0. The predicted molar refractivity (Wildman–Crippen MR) is 119 cm³/mol. The first kappa shape index (κ1) is 18.2. The van der Waals surface area contributed by atoms with Crippen molar-refractivity contribution in [3.05, 3.63) is 121 Å². The molecule has 3 heteroatoms. The Bertz CT molecular complexity index is 984. The molecule has 0 atom stereocenters. The average molecular weight is 381 g/mol. The van der Waals surface area contributed by atoms with E-state index in [1.807, 2.05) is 24.3 Å². The van der Waals surface area contributed by atoms with Crippen molar-refractivity contribution in [2.75, 3.05) is 0 Å². The molecule has 28 heavy (non-hydrogen) atoms. The third-order valence-corrected chi connectivity index (χ3v) is 6.75. The molecule has 0 aliphatic heterocycles. The van der Waals surface area contributed by atoms with E-state index in [4.69, 9.17) is 4.52 Å². The second kappa shape index (κ2) is 9.12. The summed E-state index contributed by atoms with van der Waals surface area (Å²) in [6, 6.07) is 40.1. The van der Waals surface area contributed by atoms with Crippen LogP contribution in [0.25, 0.3) is 11.0 Å². The van der Waals surface area contributed by atoms with Crippen molar-refractivity contribution in [3.8, 4) is 0 Å². The van der Waals surface area contributed by atoms with Gasteiger partial charge in [0.1, 0.15) is 0 Å². The van der Waals surface area contributed by atoms with Crippen LogP contribution in [-0.4, -0.2) is 5.16 Å². The Balaban J connectivity index is 0.000000177. The van der Waals surface area contributed by atoms with Gasteiger partial charge in [-0.1, -0.05) is 108 Å². The van der Waals surface area contributed by atoms with Crippen molar-refractivity contribution in [3.63, 3.8) is 0 Å². The van der Waals surface area contributed by atoms with Gasteiger partial charge >= 0.3 is 0 Å². The van der Waals surface area contributed by atoms with E-state index in [0.717, 1.165) is 11.0 Å². The molecule has 0 unspecified atom stereocenters. The van der Waals surface area contributed by atoms with Gasteiger partial charge in [-0.2, -0.15) is 0 Å². The van der Waals surface area contributed by atoms with Crippen molar-refractivity contribution in [1.82, 2.24) is 5.16 Å². The molecule has 0 radical (unpaired) electrons. The molecule has 0 N–H and O–H groups in total. The summed E-state index contributed by atoms with van der Waals surface area (Å²) in [5, 5.41) is 8.87. The van der Waals surface area contributed by atoms with Gasteiger partial charge in [-0.05, 0) is 36.0 Å². The van der Waals surface area contributed by atoms with E-state index in [9.17, 15) is 0 Å². The number of fused-ring (bicyclic) bond motifs is 1. The zero-order chi connectivity index (χ0) is 19.0. The zero-order valence-corrected chi connectivity index (χ0v) is 16.2. The van der Waals surface area contributed by atoms with Gasteiger partial charge < -0.3 is 4.52 Å². The minimum atomic E-state index is -0.446. The first-order valence-corrected chi connectivity index (χ1v) is 10.5. The Labute approximate surface area is 166 Å². The van der Waals surface area contributed by atoms with Gasteiger partial charge in [0.25, 0.3) is 0 Å². The standard InChI is InChI=1S/C18H15P.C7H5NO/c1-4-10-16(11-5-1)19(17-12-6-2-7-13-17)18-14-8-3-9-15-18;1-2-4-7-6(3-1)5-8-9-7/h1-15H;1-5H. The van der Waals surface area contributed by atoms with Crippen LogP contribution in [0, 0.1) is 0 Å². The van der Waals surface area contributed by atoms with Gasteiger partial charge in [0.15, 0.2) is 5.58 Å². The second-order valence-corrected chi connectivity index (χ2v) is 8.43. The van der Waals surface area contributed by atoms with E-state index in [1.165, 1.54) is 15.9 Å². The van der Waals surface area contributed by atoms with Gasteiger partial charge in [-0.3, -0.25) is 0 Å². The molecular formula is C25H20NOP. The van der Waals surface area contributed by atoms with Crippen LogP contribution in [0.4, 0.5) is 0 Å². The Kier molecular flexibility index (Phi) is 5.92. The van der Waals surface area contributed by atoms with E-state index in [1.54, 1.807) is 6.20 Å². The molecule has 0 aliphatic carbocycles. The fourth-order valence-corrected chi connectivity index (χ4v) is 5.29. The highest BCUT2D eigenvalue weighted by Crippen LogP contribution is 2.32. The van der Waals surface area contributed by atoms with Gasteiger partial charge in [0.2, 0.25) is 0 Å². The van der Waals surface area contributed by atoms with Crippen molar-refractivity contribution in [2.45, 2.75) is 0 Å². The van der Waals surface area contributed by atoms with E-state index in [2.05, 4.69) is 96.2 Å². The maximum absolute atomic E-state index is 4.87. The number of hydrogen-bond donors (Lipinski definition) is 0. The molecule has 0 amide bonds. The lowest BCUT2D eigenvalue weighted by molar-refractivity contribution is 0.456. The quantitative estimate of drug-likeness (QED) is 0.398. The van der Waals surface area contributed by atoms with E-state index in [-0.39, 0.29) is 0 Å². The lowest BCUT2D eigenvalue weighted by Crippen LogP contribution is -2.20. The molecule has 5 aromatic rings. The maximum atomic E-state index is 4.87. The van der Waals surface area contributed by atoms with Gasteiger partial charge in [0, 0.05) is 5.39 Å².